The molecule has 0 aliphatic carbocycles. The third-order valence-corrected chi connectivity index (χ3v) is 4.36. The molecule has 2 amide bonds. The van der Waals surface area contributed by atoms with Crippen LogP contribution in [0.25, 0.3) is 6.08 Å². The molecule has 140 valence electrons. The van der Waals surface area contributed by atoms with Crippen LogP contribution in [0.3, 0.4) is 0 Å². The summed E-state index contributed by atoms with van der Waals surface area (Å²) in [5, 5.41) is 0. The van der Waals surface area contributed by atoms with Crippen LogP contribution in [0, 0.1) is 23.5 Å². The van der Waals surface area contributed by atoms with Gasteiger partial charge in [0, 0.05) is 38.3 Å². The van der Waals surface area contributed by atoms with Crippen molar-refractivity contribution < 1.29 is 23.2 Å². The van der Waals surface area contributed by atoms with Crippen LogP contribution in [-0.4, -0.2) is 54.1 Å². The summed E-state index contributed by atoms with van der Waals surface area (Å²) in [4.78, 5) is 38.8. The highest BCUT2D eigenvalue weighted by atomic mass is 19.1. The molecule has 0 radical (unpaired) electrons. The molecule has 0 N–H and O–H groups in total. The second-order valence-electron chi connectivity index (χ2n) is 6.59. The molecular formula is C19H22F2N2O3. The van der Waals surface area contributed by atoms with Crippen LogP contribution in [0.1, 0.15) is 19.4 Å². The van der Waals surface area contributed by atoms with E-state index >= 15 is 0 Å². The highest BCUT2D eigenvalue weighted by Gasteiger charge is 2.29. The zero-order valence-electron chi connectivity index (χ0n) is 14.8. The molecular weight excluding hydrogens is 342 g/mol. The molecule has 1 aromatic carbocycles. The molecule has 1 heterocycles. The maximum atomic E-state index is 13.1. The van der Waals surface area contributed by atoms with Crippen molar-refractivity contribution in [1.29, 1.82) is 0 Å². The number of carbonyl (C=O) groups is 3. The Labute approximate surface area is 151 Å². The summed E-state index contributed by atoms with van der Waals surface area (Å²) in [6, 6.07) is 3.03. The van der Waals surface area contributed by atoms with Crippen molar-refractivity contribution in [2.75, 3.05) is 26.2 Å². The molecule has 0 bridgehead atoms. The van der Waals surface area contributed by atoms with Crippen LogP contribution in [0.4, 0.5) is 8.78 Å². The molecule has 0 spiro atoms. The van der Waals surface area contributed by atoms with Crippen LogP contribution < -0.4 is 0 Å². The predicted octanol–water partition coefficient (Wildman–Crippen LogP) is 2.12. The SMILES string of the molecule is CC(C)C(C=O)C(=O)N1CCN(C(=O)/C=C/c2cc(F)cc(F)c2)CC1. The molecule has 2 rings (SSSR count). The van der Waals surface area contributed by atoms with Gasteiger partial charge in [0.2, 0.25) is 11.8 Å². The first kappa shape index (κ1) is 19.8. The summed E-state index contributed by atoms with van der Waals surface area (Å²) in [5.41, 5.74) is 0.260. The van der Waals surface area contributed by atoms with Gasteiger partial charge in [0.25, 0.3) is 0 Å². The van der Waals surface area contributed by atoms with Gasteiger partial charge < -0.3 is 14.6 Å². The fourth-order valence-corrected chi connectivity index (χ4v) is 2.80. The average Bonchev–Trinajstić information content (AvgIpc) is 2.59. The van der Waals surface area contributed by atoms with Gasteiger partial charge in [-0.15, -0.1) is 0 Å². The molecule has 1 aliphatic heterocycles. The van der Waals surface area contributed by atoms with Gasteiger partial charge in [-0.1, -0.05) is 13.8 Å². The molecule has 1 fully saturated rings. The number of hydrogen-bond acceptors (Lipinski definition) is 3. The van der Waals surface area contributed by atoms with Gasteiger partial charge >= 0.3 is 0 Å². The first-order chi connectivity index (χ1) is 12.3. The van der Waals surface area contributed by atoms with Crippen molar-refractivity contribution in [2.45, 2.75) is 13.8 Å². The Bertz CT molecular complexity index is 690. The monoisotopic (exact) mass is 364 g/mol. The lowest BCUT2D eigenvalue weighted by molar-refractivity contribution is -0.143. The number of nitrogens with zero attached hydrogens (tertiary/aromatic N) is 2. The van der Waals surface area contributed by atoms with Gasteiger partial charge in [0.15, 0.2) is 0 Å². The fraction of sp³-hybridized carbons (Fsp3) is 0.421. The zero-order valence-corrected chi connectivity index (χ0v) is 14.8. The molecule has 0 saturated carbocycles. The van der Waals surface area contributed by atoms with Crippen molar-refractivity contribution in [3.8, 4) is 0 Å². The second-order valence-corrected chi connectivity index (χ2v) is 6.59. The number of benzene rings is 1. The molecule has 7 heteroatoms. The summed E-state index contributed by atoms with van der Waals surface area (Å²) in [5.74, 6) is -2.67. The minimum absolute atomic E-state index is 0.0748. The van der Waals surface area contributed by atoms with Crippen molar-refractivity contribution in [1.82, 2.24) is 9.80 Å². The molecule has 1 saturated heterocycles. The quantitative estimate of drug-likeness (QED) is 0.457. The summed E-state index contributed by atoms with van der Waals surface area (Å²) in [6.45, 7) is 5.02. The summed E-state index contributed by atoms with van der Waals surface area (Å²) >= 11 is 0. The fourth-order valence-electron chi connectivity index (χ4n) is 2.80. The highest BCUT2D eigenvalue weighted by molar-refractivity contribution is 5.93. The Hall–Kier alpha value is -2.57. The third kappa shape index (κ3) is 4.97. The Morgan fingerprint density at radius 3 is 2.04 bits per heavy atom. The molecule has 5 nitrogen and oxygen atoms in total. The van der Waals surface area contributed by atoms with Gasteiger partial charge in [0.05, 0.1) is 5.92 Å². The van der Waals surface area contributed by atoms with E-state index in [0.29, 0.717) is 32.5 Å². The van der Waals surface area contributed by atoms with Gasteiger partial charge in [-0.05, 0) is 29.7 Å². The Morgan fingerprint density at radius 2 is 1.54 bits per heavy atom. The van der Waals surface area contributed by atoms with Gasteiger partial charge in [0.1, 0.15) is 17.9 Å². The van der Waals surface area contributed by atoms with E-state index in [9.17, 15) is 23.2 Å². The molecule has 1 aromatic rings. The number of piperazine rings is 1. The first-order valence-corrected chi connectivity index (χ1v) is 8.49. The van der Waals surface area contributed by atoms with Crippen molar-refractivity contribution >= 4 is 24.2 Å². The largest absolute Gasteiger partial charge is 0.339 e. The molecule has 26 heavy (non-hydrogen) atoms. The van der Waals surface area contributed by atoms with E-state index in [1.807, 2.05) is 13.8 Å². The lowest BCUT2D eigenvalue weighted by atomic mass is 9.95. The van der Waals surface area contributed by atoms with E-state index in [1.54, 1.807) is 9.80 Å². The minimum atomic E-state index is -0.709. The van der Waals surface area contributed by atoms with Crippen LogP contribution in [0.5, 0.6) is 0 Å². The first-order valence-electron chi connectivity index (χ1n) is 8.49. The molecule has 0 aromatic heterocycles. The number of amides is 2. The maximum Gasteiger partial charge on any atom is 0.246 e. The smallest absolute Gasteiger partial charge is 0.246 e. The normalized spacial score (nSPS) is 16.2. The number of carbonyl (C=O) groups excluding carboxylic acids is 3. The summed E-state index contributed by atoms with van der Waals surface area (Å²) in [7, 11) is 0. The highest BCUT2D eigenvalue weighted by Crippen LogP contribution is 2.15. The Morgan fingerprint density at radius 1 is 1.00 bits per heavy atom. The summed E-state index contributed by atoms with van der Waals surface area (Å²) in [6.07, 6.45) is 3.28. The van der Waals surface area contributed by atoms with E-state index in [4.69, 9.17) is 0 Å². The van der Waals surface area contributed by atoms with Crippen molar-refractivity contribution in [3.05, 3.63) is 41.5 Å². The van der Waals surface area contributed by atoms with Gasteiger partial charge in [-0.2, -0.15) is 0 Å². The second kappa shape index (κ2) is 8.69. The Balaban J connectivity index is 1.92. The predicted molar refractivity (Wildman–Crippen MR) is 92.9 cm³/mol. The van der Waals surface area contributed by atoms with E-state index in [-0.39, 0.29) is 23.3 Å². The number of rotatable bonds is 5. The van der Waals surface area contributed by atoms with Crippen LogP contribution >= 0.6 is 0 Å². The van der Waals surface area contributed by atoms with E-state index in [1.165, 1.54) is 12.2 Å². The van der Waals surface area contributed by atoms with E-state index in [0.717, 1.165) is 18.2 Å². The minimum Gasteiger partial charge on any atom is -0.339 e. The molecule has 1 unspecified atom stereocenters. The zero-order chi connectivity index (χ0) is 19.3. The number of aldehydes is 1. The third-order valence-electron chi connectivity index (χ3n) is 4.36. The average molecular weight is 364 g/mol. The van der Waals surface area contributed by atoms with Gasteiger partial charge in [-0.3, -0.25) is 9.59 Å². The lowest BCUT2D eigenvalue weighted by Gasteiger charge is -2.35. The molecule has 1 atom stereocenters. The van der Waals surface area contributed by atoms with Crippen molar-refractivity contribution in [3.63, 3.8) is 0 Å². The Kier molecular flexibility index (Phi) is 6.60. The van der Waals surface area contributed by atoms with E-state index < -0.39 is 17.6 Å². The lowest BCUT2D eigenvalue weighted by Crippen LogP contribution is -2.52. The summed E-state index contributed by atoms with van der Waals surface area (Å²) < 4.78 is 26.3. The van der Waals surface area contributed by atoms with Crippen LogP contribution in [0.15, 0.2) is 24.3 Å². The number of hydrogen-bond donors (Lipinski definition) is 0. The maximum absolute atomic E-state index is 13.1. The standard InChI is InChI=1S/C19H22F2N2O3/c1-13(2)17(12-24)19(26)23-7-5-22(6-8-23)18(25)4-3-14-9-15(20)11-16(21)10-14/h3-4,9-13,17H,5-8H2,1-2H3/b4-3+. The van der Waals surface area contributed by atoms with Gasteiger partial charge in [-0.25, -0.2) is 8.78 Å². The van der Waals surface area contributed by atoms with Crippen LogP contribution in [-0.2, 0) is 14.4 Å². The van der Waals surface area contributed by atoms with Crippen LogP contribution in [0.2, 0.25) is 0 Å². The molecule has 1 aliphatic rings. The van der Waals surface area contributed by atoms with E-state index in [2.05, 4.69) is 0 Å². The topological polar surface area (TPSA) is 57.7 Å². The van der Waals surface area contributed by atoms with Crippen molar-refractivity contribution in [2.24, 2.45) is 11.8 Å². The number of halogens is 2.